The van der Waals surface area contributed by atoms with E-state index in [2.05, 4.69) is 11.9 Å². The Morgan fingerprint density at radius 3 is 2.47 bits per heavy atom. The minimum atomic E-state index is -0.0297. The van der Waals surface area contributed by atoms with E-state index in [1.807, 2.05) is 42.5 Å². The van der Waals surface area contributed by atoms with Gasteiger partial charge in [-0.1, -0.05) is 25.1 Å². The zero-order chi connectivity index (χ0) is 13.7. The average Bonchev–Trinajstić information content (AvgIpc) is 2.47. The van der Waals surface area contributed by atoms with Crippen molar-refractivity contribution in [2.45, 2.75) is 23.2 Å². The fraction of sp³-hybridized carbons (Fsp3) is 0.267. The van der Waals surface area contributed by atoms with E-state index >= 15 is 0 Å². The maximum absolute atomic E-state index is 6.29. The molecule has 0 radical (unpaired) electrons. The summed E-state index contributed by atoms with van der Waals surface area (Å²) in [6, 6.07) is 13.8. The molecule has 0 saturated carbocycles. The van der Waals surface area contributed by atoms with Crippen molar-refractivity contribution in [1.82, 2.24) is 4.98 Å². The summed E-state index contributed by atoms with van der Waals surface area (Å²) in [6.07, 6.45) is 1.80. The van der Waals surface area contributed by atoms with Gasteiger partial charge in [0, 0.05) is 17.5 Å². The van der Waals surface area contributed by atoms with Gasteiger partial charge in [-0.2, -0.15) is 0 Å². The van der Waals surface area contributed by atoms with Gasteiger partial charge < -0.3 is 10.5 Å². The predicted molar refractivity (Wildman–Crippen MR) is 79.5 cm³/mol. The summed E-state index contributed by atoms with van der Waals surface area (Å²) in [7, 11) is 1.66. The fourth-order valence-electron chi connectivity index (χ4n) is 1.78. The summed E-state index contributed by atoms with van der Waals surface area (Å²) in [6.45, 7) is 2.12. The van der Waals surface area contributed by atoms with E-state index in [4.69, 9.17) is 10.5 Å². The fourth-order valence-corrected chi connectivity index (χ4v) is 2.74. The second kappa shape index (κ2) is 6.59. The quantitative estimate of drug-likeness (QED) is 0.850. The highest BCUT2D eigenvalue weighted by molar-refractivity contribution is 7.99. The highest BCUT2D eigenvalue weighted by atomic mass is 32.2. The molecule has 2 rings (SSSR count). The number of pyridine rings is 1. The lowest BCUT2D eigenvalue weighted by Crippen LogP contribution is -2.21. The van der Waals surface area contributed by atoms with Crippen LogP contribution in [-0.2, 0) is 0 Å². The summed E-state index contributed by atoms with van der Waals surface area (Å²) < 4.78 is 5.15. The number of hydrogen-bond acceptors (Lipinski definition) is 4. The second-order valence-corrected chi connectivity index (χ2v) is 5.69. The van der Waals surface area contributed by atoms with E-state index in [-0.39, 0.29) is 11.3 Å². The number of aromatic nitrogens is 1. The largest absolute Gasteiger partial charge is 0.497 e. The van der Waals surface area contributed by atoms with Gasteiger partial charge in [0.25, 0.3) is 0 Å². The van der Waals surface area contributed by atoms with Gasteiger partial charge in [0.2, 0.25) is 0 Å². The van der Waals surface area contributed by atoms with Crippen LogP contribution in [0, 0.1) is 0 Å². The maximum atomic E-state index is 6.29. The monoisotopic (exact) mass is 274 g/mol. The van der Waals surface area contributed by atoms with E-state index in [0.717, 1.165) is 16.3 Å². The smallest absolute Gasteiger partial charge is 0.118 e. The molecule has 0 fully saturated rings. The Morgan fingerprint density at radius 1 is 1.16 bits per heavy atom. The van der Waals surface area contributed by atoms with Crippen molar-refractivity contribution in [2.24, 2.45) is 5.73 Å². The third kappa shape index (κ3) is 3.72. The van der Waals surface area contributed by atoms with Crippen LogP contribution in [0.15, 0.2) is 53.7 Å². The van der Waals surface area contributed by atoms with Crippen LogP contribution in [-0.4, -0.2) is 17.3 Å². The van der Waals surface area contributed by atoms with Gasteiger partial charge >= 0.3 is 0 Å². The van der Waals surface area contributed by atoms with Crippen LogP contribution in [0.1, 0.15) is 18.5 Å². The number of methoxy groups -OCH3 is 1. The molecule has 1 heterocycles. The molecule has 0 aliphatic carbocycles. The molecule has 2 N–H and O–H groups in total. The number of hydrogen-bond donors (Lipinski definition) is 1. The summed E-state index contributed by atoms with van der Waals surface area (Å²) >= 11 is 1.69. The van der Waals surface area contributed by atoms with E-state index in [1.165, 1.54) is 0 Å². The van der Waals surface area contributed by atoms with E-state index in [1.54, 1.807) is 25.1 Å². The standard InChI is InChI=1S/C15H18N2OS/c1-11(19-14-5-3-4-10-17-14)15(16)12-6-8-13(18-2)9-7-12/h3-11,15H,16H2,1-2H3. The molecule has 1 aromatic carbocycles. The first-order valence-electron chi connectivity index (χ1n) is 6.18. The van der Waals surface area contributed by atoms with Crippen LogP contribution in [0.4, 0.5) is 0 Å². The molecule has 0 saturated heterocycles. The molecule has 0 amide bonds. The molecule has 1 aromatic heterocycles. The van der Waals surface area contributed by atoms with Crippen LogP contribution in [0.3, 0.4) is 0 Å². The summed E-state index contributed by atoms with van der Waals surface area (Å²) in [5.41, 5.74) is 7.40. The van der Waals surface area contributed by atoms with Gasteiger partial charge in [0.05, 0.1) is 12.1 Å². The van der Waals surface area contributed by atoms with Crippen molar-refractivity contribution in [1.29, 1.82) is 0 Å². The Hall–Kier alpha value is -1.52. The third-order valence-corrected chi connectivity index (χ3v) is 4.10. The van der Waals surface area contributed by atoms with Crippen molar-refractivity contribution in [3.63, 3.8) is 0 Å². The first kappa shape index (κ1) is 13.9. The van der Waals surface area contributed by atoms with Crippen molar-refractivity contribution in [3.8, 4) is 5.75 Å². The van der Waals surface area contributed by atoms with E-state index < -0.39 is 0 Å². The Bertz CT molecular complexity index is 501. The topological polar surface area (TPSA) is 48.1 Å². The Morgan fingerprint density at radius 2 is 1.89 bits per heavy atom. The molecule has 0 aliphatic rings. The summed E-state index contributed by atoms with van der Waals surface area (Å²) in [5, 5.41) is 1.25. The zero-order valence-corrected chi connectivity index (χ0v) is 11.9. The van der Waals surface area contributed by atoms with Crippen LogP contribution >= 0.6 is 11.8 Å². The van der Waals surface area contributed by atoms with Gasteiger partial charge in [0.15, 0.2) is 0 Å². The van der Waals surface area contributed by atoms with Gasteiger partial charge in [-0.3, -0.25) is 0 Å². The number of nitrogens with zero attached hydrogens (tertiary/aromatic N) is 1. The number of rotatable bonds is 5. The molecule has 4 heteroatoms. The molecule has 0 bridgehead atoms. The number of nitrogens with two attached hydrogens (primary N) is 1. The molecule has 100 valence electrons. The number of ether oxygens (including phenoxy) is 1. The summed E-state index contributed by atoms with van der Waals surface area (Å²) in [4.78, 5) is 4.31. The van der Waals surface area contributed by atoms with E-state index in [0.29, 0.717) is 0 Å². The molecule has 2 unspecified atom stereocenters. The Labute approximate surface area is 118 Å². The lowest BCUT2D eigenvalue weighted by atomic mass is 10.1. The van der Waals surface area contributed by atoms with Crippen LogP contribution in [0.5, 0.6) is 5.75 Å². The van der Waals surface area contributed by atoms with Gasteiger partial charge in [-0.15, -0.1) is 11.8 Å². The normalized spacial score (nSPS) is 13.8. The van der Waals surface area contributed by atoms with E-state index in [9.17, 15) is 0 Å². The Balaban J connectivity index is 2.03. The predicted octanol–water partition coefficient (Wildman–Crippen LogP) is 3.27. The van der Waals surface area contributed by atoms with Crippen LogP contribution < -0.4 is 10.5 Å². The second-order valence-electron chi connectivity index (χ2n) is 4.29. The molecule has 2 atom stereocenters. The minimum Gasteiger partial charge on any atom is -0.497 e. The maximum Gasteiger partial charge on any atom is 0.118 e. The van der Waals surface area contributed by atoms with Crippen molar-refractivity contribution < 1.29 is 4.74 Å². The molecule has 2 aromatic rings. The minimum absolute atomic E-state index is 0.0297. The van der Waals surface area contributed by atoms with Gasteiger partial charge in [-0.25, -0.2) is 4.98 Å². The first-order valence-corrected chi connectivity index (χ1v) is 7.06. The van der Waals surface area contributed by atoms with Crippen molar-refractivity contribution >= 4 is 11.8 Å². The summed E-state index contributed by atoms with van der Waals surface area (Å²) in [5.74, 6) is 0.848. The third-order valence-electron chi connectivity index (χ3n) is 2.95. The number of thioether (sulfide) groups is 1. The van der Waals surface area contributed by atoms with Crippen molar-refractivity contribution in [2.75, 3.05) is 7.11 Å². The first-order chi connectivity index (χ1) is 9.20. The molecular weight excluding hydrogens is 256 g/mol. The highest BCUT2D eigenvalue weighted by Gasteiger charge is 2.16. The molecule has 3 nitrogen and oxygen atoms in total. The SMILES string of the molecule is COc1ccc(C(N)C(C)Sc2ccccn2)cc1. The lowest BCUT2D eigenvalue weighted by Gasteiger charge is -2.19. The van der Waals surface area contributed by atoms with Crippen LogP contribution in [0.25, 0.3) is 0 Å². The number of benzene rings is 1. The zero-order valence-electron chi connectivity index (χ0n) is 11.1. The van der Waals surface area contributed by atoms with Gasteiger partial charge in [0.1, 0.15) is 5.75 Å². The molecule has 0 aliphatic heterocycles. The lowest BCUT2D eigenvalue weighted by molar-refractivity contribution is 0.414. The van der Waals surface area contributed by atoms with Crippen molar-refractivity contribution in [3.05, 3.63) is 54.2 Å². The highest BCUT2D eigenvalue weighted by Crippen LogP contribution is 2.29. The molecule has 19 heavy (non-hydrogen) atoms. The molecular formula is C15H18N2OS. The Kier molecular flexibility index (Phi) is 4.82. The average molecular weight is 274 g/mol. The van der Waals surface area contributed by atoms with Gasteiger partial charge in [-0.05, 0) is 29.8 Å². The molecule has 0 spiro atoms. The van der Waals surface area contributed by atoms with Crippen LogP contribution in [0.2, 0.25) is 0 Å².